The zero-order chi connectivity index (χ0) is 18.5. The third-order valence-corrected chi connectivity index (χ3v) is 6.23. The van der Waals surface area contributed by atoms with Gasteiger partial charge in [-0.15, -0.1) is 23.5 Å². The molecule has 1 heterocycles. The minimum Gasteiger partial charge on any atom is -0.350 e. The molecule has 7 heteroatoms. The molecule has 2 aromatic carbocycles. The van der Waals surface area contributed by atoms with Crippen LogP contribution in [-0.4, -0.2) is 40.6 Å². The molecule has 2 aromatic rings. The first kappa shape index (κ1) is 19.1. The number of carbonyl (C=O) groups is 2. The molecule has 1 unspecified atom stereocenters. The van der Waals surface area contributed by atoms with E-state index in [4.69, 9.17) is 11.6 Å². The Balaban J connectivity index is 1.71. The molecule has 26 heavy (non-hydrogen) atoms. The largest absolute Gasteiger partial charge is 0.350 e. The first-order chi connectivity index (χ1) is 12.6. The number of halogens is 1. The van der Waals surface area contributed by atoms with E-state index in [1.165, 1.54) is 0 Å². The summed E-state index contributed by atoms with van der Waals surface area (Å²) < 4.78 is 0. The van der Waals surface area contributed by atoms with E-state index in [1.54, 1.807) is 40.6 Å². The summed E-state index contributed by atoms with van der Waals surface area (Å²) in [5, 5.41) is 3.34. The highest BCUT2D eigenvalue weighted by atomic mass is 35.5. The summed E-state index contributed by atoms with van der Waals surface area (Å²) in [6.45, 7) is 0.450. The summed E-state index contributed by atoms with van der Waals surface area (Å²) >= 11 is 9.36. The number of rotatable bonds is 5. The monoisotopic (exact) mass is 406 g/mol. The summed E-state index contributed by atoms with van der Waals surface area (Å²) in [7, 11) is 0. The van der Waals surface area contributed by atoms with E-state index < -0.39 is 6.04 Å². The van der Waals surface area contributed by atoms with Gasteiger partial charge in [0.25, 0.3) is 5.91 Å². The van der Waals surface area contributed by atoms with Crippen molar-refractivity contribution in [2.24, 2.45) is 0 Å². The highest BCUT2D eigenvalue weighted by Gasteiger charge is 2.35. The van der Waals surface area contributed by atoms with E-state index in [2.05, 4.69) is 5.32 Å². The SMILES string of the molecule is CSc1ccc(Cl)c(C(=O)N2CSCC2C(=O)NCc2ccccc2)c1. The number of nitrogens with zero attached hydrogens (tertiary/aromatic N) is 1. The van der Waals surface area contributed by atoms with Crippen LogP contribution in [0.5, 0.6) is 0 Å². The first-order valence-electron chi connectivity index (χ1n) is 8.14. The molecule has 1 fully saturated rings. The van der Waals surface area contributed by atoms with Gasteiger partial charge in [0.1, 0.15) is 6.04 Å². The molecule has 2 amide bonds. The lowest BCUT2D eigenvalue weighted by molar-refractivity contribution is -0.124. The number of nitrogens with one attached hydrogen (secondary N) is 1. The van der Waals surface area contributed by atoms with Crippen molar-refractivity contribution in [1.29, 1.82) is 0 Å². The highest BCUT2D eigenvalue weighted by molar-refractivity contribution is 7.99. The molecule has 0 radical (unpaired) electrons. The molecular formula is C19H19ClN2O2S2. The fraction of sp³-hybridized carbons (Fsp3) is 0.263. The number of thioether (sulfide) groups is 2. The molecule has 0 bridgehead atoms. The zero-order valence-electron chi connectivity index (χ0n) is 14.3. The van der Waals surface area contributed by atoms with Crippen molar-refractivity contribution in [1.82, 2.24) is 10.2 Å². The zero-order valence-corrected chi connectivity index (χ0v) is 16.7. The Bertz CT molecular complexity index is 801. The standard InChI is InChI=1S/C19H19ClN2O2S2/c1-25-14-7-8-16(20)15(9-14)19(24)22-12-26-11-17(22)18(23)21-10-13-5-3-2-4-6-13/h2-9,17H,10-12H2,1H3,(H,21,23). The molecule has 0 spiro atoms. The normalized spacial score (nSPS) is 16.5. The number of carbonyl (C=O) groups excluding carboxylic acids is 2. The lowest BCUT2D eigenvalue weighted by atomic mass is 10.1. The Hall–Kier alpha value is -1.63. The van der Waals surface area contributed by atoms with Crippen molar-refractivity contribution >= 4 is 46.9 Å². The molecule has 1 aliphatic heterocycles. The van der Waals surface area contributed by atoms with Gasteiger partial charge in [-0.2, -0.15) is 0 Å². The average molecular weight is 407 g/mol. The quantitative estimate of drug-likeness (QED) is 0.765. The van der Waals surface area contributed by atoms with Gasteiger partial charge in [-0.1, -0.05) is 41.9 Å². The molecule has 0 aromatic heterocycles. The molecule has 1 N–H and O–H groups in total. The maximum absolute atomic E-state index is 13.0. The topological polar surface area (TPSA) is 49.4 Å². The van der Waals surface area contributed by atoms with Crippen LogP contribution in [0.2, 0.25) is 5.02 Å². The second-order valence-corrected chi connectivity index (χ2v) is 8.13. The second kappa shape index (κ2) is 8.84. The Morgan fingerprint density at radius 2 is 2.04 bits per heavy atom. The molecular weight excluding hydrogens is 388 g/mol. The summed E-state index contributed by atoms with van der Waals surface area (Å²) in [6.07, 6.45) is 1.95. The van der Waals surface area contributed by atoms with Crippen LogP contribution in [-0.2, 0) is 11.3 Å². The number of benzene rings is 2. The molecule has 1 aliphatic rings. The minimum atomic E-state index is -0.481. The van der Waals surface area contributed by atoms with Crippen molar-refractivity contribution < 1.29 is 9.59 Å². The molecule has 1 saturated heterocycles. The number of amides is 2. The van der Waals surface area contributed by atoms with Crippen molar-refractivity contribution in [2.75, 3.05) is 17.9 Å². The smallest absolute Gasteiger partial charge is 0.256 e. The van der Waals surface area contributed by atoms with Crippen molar-refractivity contribution in [3.8, 4) is 0 Å². The van der Waals surface area contributed by atoms with Crippen molar-refractivity contribution in [3.63, 3.8) is 0 Å². The Kier molecular flexibility index (Phi) is 6.51. The highest BCUT2D eigenvalue weighted by Crippen LogP contribution is 2.28. The Morgan fingerprint density at radius 1 is 1.27 bits per heavy atom. The van der Waals surface area contributed by atoms with Gasteiger partial charge in [0, 0.05) is 17.2 Å². The molecule has 1 atom stereocenters. The van der Waals surface area contributed by atoms with Crippen LogP contribution in [0.3, 0.4) is 0 Å². The summed E-state index contributed by atoms with van der Waals surface area (Å²) in [6, 6.07) is 14.6. The van der Waals surface area contributed by atoms with Gasteiger partial charge in [0.15, 0.2) is 0 Å². The van der Waals surface area contributed by atoms with Crippen LogP contribution >= 0.6 is 35.1 Å². The van der Waals surface area contributed by atoms with Gasteiger partial charge in [-0.3, -0.25) is 9.59 Å². The van der Waals surface area contributed by atoms with Crippen LogP contribution in [0.15, 0.2) is 53.4 Å². The van der Waals surface area contributed by atoms with Gasteiger partial charge < -0.3 is 10.2 Å². The summed E-state index contributed by atoms with van der Waals surface area (Å²) in [4.78, 5) is 28.2. The van der Waals surface area contributed by atoms with Gasteiger partial charge in [-0.25, -0.2) is 0 Å². The van der Waals surface area contributed by atoms with Crippen LogP contribution < -0.4 is 5.32 Å². The van der Waals surface area contributed by atoms with E-state index in [1.807, 2.05) is 42.7 Å². The van der Waals surface area contributed by atoms with E-state index in [9.17, 15) is 9.59 Å². The third kappa shape index (κ3) is 4.37. The third-order valence-electron chi connectivity index (χ3n) is 4.16. The van der Waals surface area contributed by atoms with Gasteiger partial charge >= 0.3 is 0 Å². The first-order valence-corrected chi connectivity index (χ1v) is 10.9. The van der Waals surface area contributed by atoms with Crippen molar-refractivity contribution in [3.05, 3.63) is 64.7 Å². The molecule has 0 saturated carbocycles. The van der Waals surface area contributed by atoms with Gasteiger partial charge in [0.2, 0.25) is 5.91 Å². The van der Waals surface area contributed by atoms with Crippen LogP contribution in [0.1, 0.15) is 15.9 Å². The summed E-state index contributed by atoms with van der Waals surface area (Å²) in [5.74, 6) is 0.744. The van der Waals surface area contributed by atoms with E-state index in [0.29, 0.717) is 28.8 Å². The predicted molar refractivity (Wildman–Crippen MR) is 109 cm³/mol. The molecule has 0 aliphatic carbocycles. The predicted octanol–water partition coefficient (Wildman–Crippen LogP) is 3.89. The van der Waals surface area contributed by atoms with E-state index >= 15 is 0 Å². The van der Waals surface area contributed by atoms with Gasteiger partial charge in [-0.05, 0) is 30.0 Å². The van der Waals surface area contributed by atoms with Crippen LogP contribution in [0, 0.1) is 0 Å². The van der Waals surface area contributed by atoms with Crippen LogP contribution in [0.4, 0.5) is 0 Å². The maximum atomic E-state index is 13.0. The van der Waals surface area contributed by atoms with Crippen LogP contribution in [0.25, 0.3) is 0 Å². The van der Waals surface area contributed by atoms with Crippen molar-refractivity contribution in [2.45, 2.75) is 17.5 Å². The molecule has 4 nitrogen and oxygen atoms in total. The van der Waals surface area contributed by atoms with E-state index in [-0.39, 0.29) is 11.8 Å². The Morgan fingerprint density at radius 3 is 2.77 bits per heavy atom. The van der Waals surface area contributed by atoms with E-state index in [0.717, 1.165) is 10.5 Å². The second-order valence-electron chi connectivity index (χ2n) is 5.84. The lowest BCUT2D eigenvalue weighted by Crippen LogP contribution is -2.47. The molecule has 136 valence electrons. The summed E-state index contributed by atoms with van der Waals surface area (Å²) in [5.41, 5.74) is 1.47. The molecule has 3 rings (SSSR count). The lowest BCUT2D eigenvalue weighted by Gasteiger charge is -2.23. The fourth-order valence-electron chi connectivity index (χ4n) is 2.71. The van der Waals surface area contributed by atoms with Gasteiger partial charge in [0.05, 0.1) is 16.5 Å². The Labute approximate surface area is 166 Å². The number of hydrogen-bond acceptors (Lipinski definition) is 4. The average Bonchev–Trinajstić information content (AvgIpc) is 3.17. The minimum absolute atomic E-state index is 0.135. The maximum Gasteiger partial charge on any atom is 0.256 e. The number of hydrogen-bond donors (Lipinski definition) is 1. The fourth-order valence-corrected chi connectivity index (χ4v) is 4.50.